The van der Waals surface area contributed by atoms with Crippen LogP contribution in [0.4, 0.5) is 5.69 Å². The molecule has 0 unspecified atom stereocenters. The van der Waals surface area contributed by atoms with Crippen molar-refractivity contribution in [1.29, 1.82) is 0 Å². The Labute approximate surface area is 198 Å². The van der Waals surface area contributed by atoms with Gasteiger partial charge < -0.3 is 10.2 Å². The number of fused-ring (bicyclic) bond motifs is 4. The topological polar surface area (TPSA) is 74.3 Å². The molecule has 6 nitrogen and oxygen atoms in total. The van der Waals surface area contributed by atoms with Gasteiger partial charge in [-0.15, -0.1) is 6.58 Å². The number of thioether (sulfide) groups is 1. The summed E-state index contributed by atoms with van der Waals surface area (Å²) >= 11 is 1.72. The highest BCUT2D eigenvalue weighted by Gasteiger charge is 2.75. The zero-order chi connectivity index (χ0) is 23.2. The molecule has 2 aromatic rings. The molecular formula is C26H28N3O3S+. The van der Waals surface area contributed by atoms with Crippen LogP contribution in [-0.2, 0) is 26.5 Å². The highest BCUT2D eigenvalue weighted by Crippen LogP contribution is 2.51. The van der Waals surface area contributed by atoms with Crippen LogP contribution in [0.15, 0.2) is 67.3 Å². The number of amides is 3. The van der Waals surface area contributed by atoms with Gasteiger partial charge in [-0.3, -0.25) is 19.3 Å². The Morgan fingerprint density at radius 3 is 2.48 bits per heavy atom. The van der Waals surface area contributed by atoms with Crippen LogP contribution in [0.2, 0.25) is 0 Å². The van der Waals surface area contributed by atoms with Crippen LogP contribution in [-0.4, -0.2) is 47.2 Å². The number of para-hydroxylation sites is 1. The molecule has 0 bridgehead atoms. The summed E-state index contributed by atoms with van der Waals surface area (Å²) in [6.45, 7) is 4.43. The third-order valence-electron chi connectivity index (χ3n) is 7.26. The lowest BCUT2D eigenvalue weighted by Crippen LogP contribution is -2.99. The summed E-state index contributed by atoms with van der Waals surface area (Å²) in [7, 11) is 0. The molecule has 3 aliphatic rings. The average Bonchev–Trinajstić information content (AvgIpc) is 3.39. The molecule has 2 aromatic carbocycles. The average molecular weight is 463 g/mol. The summed E-state index contributed by atoms with van der Waals surface area (Å²) in [6.07, 6.45) is 4.50. The van der Waals surface area contributed by atoms with Crippen molar-refractivity contribution in [3.63, 3.8) is 0 Å². The Hall–Kier alpha value is -2.90. The molecule has 2 saturated heterocycles. The van der Waals surface area contributed by atoms with Gasteiger partial charge in [-0.2, -0.15) is 11.8 Å². The molecule has 3 aliphatic heterocycles. The SMILES string of the molecule is C=CCN1C(=O)[C@]2([NH2+][C@@H](CCSC)[C@@H]3C(=O)N(Cc4ccccc4)C(=O)[C@H]32)c2ccccc21. The fourth-order valence-electron chi connectivity index (χ4n) is 5.92. The van der Waals surface area contributed by atoms with Crippen LogP contribution in [0.3, 0.4) is 0 Å². The lowest BCUT2D eigenvalue weighted by molar-refractivity contribution is -0.733. The normalized spacial score (nSPS) is 28.0. The number of nitrogens with two attached hydrogens (primary N) is 1. The second-order valence-corrected chi connectivity index (χ2v) is 9.94. The molecule has 2 N–H and O–H groups in total. The summed E-state index contributed by atoms with van der Waals surface area (Å²) in [6, 6.07) is 17.1. The Kier molecular flexibility index (Phi) is 5.62. The van der Waals surface area contributed by atoms with Crippen LogP contribution in [0.1, 0.15) is 17.5 Å². The van der Waals surface area contributed by atoms with Gasteiger partial charge in [-0.05, 0) is 23.6 Å². The molecular weight excluding hydrogens is 434 g/mol. The number of carbonyl (C=O) groups excluding carboxylic acids is 3. The maximum absolute atomic E-state index is 14.0. The molecule has 4 atom stereocenters. The van der Waals surface area contributed by atoms with Crippen LogP contribution in [0.25, 0.3) is 0 Å². The first-order chi connectivity index (χ1) is 16.0. The summed E-state index contributed by atoms with van der Waals surface area (Å²) in [5, 5.41) is 2.04. The Bertz CT molecular complexity index is 1120. The first kappa shape index (κ1) is 21.9. The number of imide groups is 1. The van der Waals surface area contributed by atoms with E-state index in [1.165, 1.54) is 4.90 Å². The molecule has 1 spiro atoms. The second-order valence-electron chi connectivity index (χ2n) is 8.95. The molecule has 2 fully saturated rings. The zero-order valence-electron chi connectivity index (χ0n) is 18.6. The van der Waals surface area contributed by atoms with Gasteiger partial charge in [0, 0.05) is 18.5 Å². The van der Waals surface area contributed by atoms with Crippen LogP contribution in [0, 0.1) is 11.8 Å². The molecule has 0 aliphatic carbocycles. The maximum Gasteiger partial charge on any atom is 0.294 e. The Balaban J connectivity index is 1.61. The number of rotatable bonds is 7. The molecule has 33 heavy (non-hydrogen) atoms. The van der Waals surface area contributed by atoms with E-state index in [-0.39, 0.29) is 30.3 Å². The lowest BCUT2D eigenvalue weighted by Gasteiger charge is -2.27. The Morgan fingerprint density at radius 1 is 1.03 bits per heavy atom. The van der Waals surface area contributed by atoms with Gasteiger partial charge >= 0.3 is 0 Å². The first-order valence-corrected chi connectivity index (χ1v) is 12.7. The van der Waals surface area contributed by atoms with E-state index in [4.69, 9.17) is 0 Å². The first-order valence-electron chi connectivity index (χ1n) is 11.3. The summed E-state index contributed by atoms with van der Waals surface area (Å²) in [4.78, 5) is 44.7. The maximum atomic E-state index is 14.0. The molecule has 0 aromatic heterocycles. The fourth-order valence-corrected chi connectivity index (χ4v) is 6.43. The van der Waals surface area contributed by atoms with Crippen molar-refractivity contribution in [2.24, 2.45) is 11.8 Å². The van der Waals surface area contributed by atoms with Crippen LogP contribution >= 0.6 is 11.8 Å². The van der Waals surface area contributed by atoms with E-state index in [0.29, 0.717) is 6.54 Å². The van der Waals surface area contributed by atoms with Gasteiger partial charge in [0.2, 0.25) is 17.4 Å². The number of benzene rings is 2. The van der Waals surface area contributed by atoms with E-state index >= 15 is 0 Å². The number of quaternary nitrogens is 1. The third-order valence-corrected chi connectivity index (χ3v) is 7.91. The molecule has 7 heteroatoms. The van der Waals surface area contributed by atoms with Gasteiger partial charge in [0.25, 0.3) is 5.91 Å². The van der Waals surface area contributed by atoms with E-state index in [1.807, 2.05) is 66.2 Å². The number of hydrogen-bond donors (Lipinski definition) is 1. The third kappa shape index (κ3) is 3.17. The molecule has 170 valence electrons. The minimum absolute atomic E-state index is 0.118. The van der Waals surface area contributed by atoms with Gasteiger partial charge in [-0.1, -0.05) is 54.6 Å². The molecule has 3 heterocycles. The molecule has 0 saturated carbocycles. The highest BCUT2D eigenvalue weighted by atomic mass is 32.2. The van der Waals surface area contributed by atoms with E-state index < -0.39 is 17.4 Å². The van der Waals surface area contributed by atoms with Crippen LogP contribution in [0.5, 0.6) is 0 Å². The molecule has 5 rings (SSSR count). The van der Waals surface area contributed by atoms with E-state index in [0.717, 1.165) is 29.0 Å². The number of likely N-dealkylation sites (tertiary alicyclic amines) is 1. The van der Waals surface area contributed by atoms with E-state index in [9.17, 15) is 14.4 Å². The van der Waals surface area contributed by atoms with Gasteiger partial charge in [-0.25, -0.2) is 0 Å². The van der Waals surface area contributed by atoms with Crippen molar-refractivity contribution in [1.82, 2.24) is 4.90 Å². The van der Waals surface area contributed by atoms with Crippen molar-refractivity contribution in [3.05, 3.63) is 78.4 Å². The number of nitrogens with zero attached hydrogens (tertiary/aromatic N) is 2. The van der Waals surface area contributed by atoms with Gasteiger partial charge in [0.05, 0.1) is 12.2 Å². The molecule has 0 radical (unpaired) electrons. The summed E-state index contributed by atoms with van der Waals surface area (Å²) in [5.74, 6) is -0.848. The number of anilines is 1. The van der Waals surface area contributed by atoms with Crippen molar-refractivity contribution in [2.75, 3.05) is 23.5 Å². The number of carbonyl (C=O) groups is 3. The monoisotopic (exact) mass is 462 g/mol. The van der Waals surface area contributed by atoms with E-state index in [2.05, 4.69) is 6.58 Å². The summed E-state index contributed by atoms with van der Waals surface area (Å²) < 4.78 is 0. The zero-order valence-corrected chi connectivity index (χ0v) is 19.5. The van der Waals surface area contributed by atoms with Gasteiger partial charge in [0.15, 0.2) is 0 Å². The summed E-state index contributed by atoms with van der Waals surface area (Å²) in [5.41, 5.74) is 1.45. The minimum Gasteiger partial charge on any atom is -0.326 e. The minimum atomic E-state index is -1.11. The predicted octanol–water partition coefficient (Wildman–Crippen LogP) is 1.91. The van der Waals surface area contributed by atoms with Crippen molar-refractivity contribution < 1.29 is 19.7 Å². The van der Waals surface area contributed by atoms with Crippen molar-refractivity contribution >= 4 is 35.2 Å². The number of hydrogen-bond acceptors (Lipinski definition) is 4. The van der Waals surface area contributed by atoms with Crippen molar-refractivity contribution in [3.8, 4) is 0 Å². The standard InChI is InChI=1S/C26H27N3O3S/c1-3-14-28-20-12-8-7-11-18(20)26(25(28)32)22-21(19(27-26)13-15-33-2)23(30)29(24(22)31)16-17-9-5-4-6-10-17/h3-12,19,21-22,27H,1,13-16H2,2H3/p+1/t19-,21-,22-,26-/m0/s1. The molecule has 3 amide bonds. The van der Waals surface area contributed by atoms with Crippen molar-refractivity contribution in [2.45, 2.75) is 24.5 Å². The highest BCUT2D eigenvalue weighted by molar-refractivity contribution is 7.98. The Morgan fingerprint density at radius 2 is 1.76 bits per heavy atom. The van der Waals surface area contributed by atoms with E-state index in [1.54, 1.807) is 22.7 Å². The quantitative estimate of drug-likeness (QED) is 0.504. The smallest absolute Gasteiger partial charge is 0.294 e. The predicted molar refractivity (Wildman–Crippen MR) is 128 cm³/mol. The second kappa shape index (κ2) is 8.47. The fraction of sp³-hybridized carbons (Fsp3) is 0.346. The largest absolute Gasteiger partial charge is 0.326 e. The lowest BCUT2D eigenvalue weighted by atomic mass is 9.76. The van der Waals surface area contributed by atoms with Gasteiger partial charge in [0.1, 0.15) is 17.9 Å². The van der Waals surface area contributed by atoms with Crippen LogP contribution < -0.4 is 10.2 Å².